The maximum absolute atomic E-state index is 11.8. The molecule has 0 saturated carbocycles. The van der Waals surface area contributed by atoms with E-state index in [1.165, 1.54) is 0 Å². The Morgan fingerprint density at radius 1 is 1.26 bits per heavy atom. The molecule has 128 valence electrons. The zero-order valence-electron chi connectivity index (χ0n) is 14.5. The number of hydrogen-bond donors (Lipinski definition) is 1. The van der Waals surface area contributed by atoms with Crippen molar-refractivity contribution in [1.82, 2.24) is 5.32 Å². The number of nitrogens with one attached hydrogen (secondary N) is 1. The molecule has 5 heteroatoms. The van der Waals surface area contributed by atoms with Gasteiger partial charge in [0.15, 0.2) is 6.61 Å². The molecule has 5 nitrogen and oxygen atoms in total. The fourth-order valence-corrected chi connectivity index (χ4v) is 2.13. The summed E-state index contributed by atoms with van der Waals surface area (Å²) in [5, 5.41) is 2.74. The van der Waals surface area contributed by atoms with Gasteiger partial charge in [-0.1, -0.05) is 26.0 Å². The van der Waals surface area contributed by atoms with Gasteiger partial charge in [0, 0.05) is 13.0 Å². The molecule has 0 atom stereocenters. The van der Waals surface area contributed by atoms with Gasteiger partial charge in [-0.25, -0.2) is 0 Å². The second-order valence-electron chi connectivity index (χ2n) is 5.74. The van der Waals surface area contributed by atoms with Crippen LogP contribution in [-0.2, 0) is 14.3 Å². The monoisotopic (exact) mass is 321 g/mol. The highest BCUT2D eigenvalue weighted by Crippen LogP contribution is 2.27. The highest BCUT2D eigenvalue weighted by molar-refractivity contribution is 5.77. The molecule has 0 bridgehead atoms. The Hall–Kier alpha value is -2.04. The zero-order chi connectivity index (χ0) is 17.2. The fourth-order valence-electron chi connectivity index (χ4n) is 2.13. The molecule has 1 N–H and O–H groups in total. The second kappa shape index (κ2) is 9.87. The Morgan fingerprint density at radius 3 is 2.65 bits per heavy atom. The fraction of sp³-hybridized carbons (Fsp3) is 0.556. The quantitative estimate of drug-likeness (QED) is 0.561. The van der Waals surface area contributed by atoms with Crippen LogP contribution in [0.2, 0.25) is 0 Å². The third-order valence-corrected chi connectivity index (χ3v) is 3.34. The lowest BCUT2D eigenvalue weighted by Gasteiger charge is -2.14. The van der Waals surface area contributed by atoms with Crippen molar-refractivity contribution in [2.75, 3.05) is 19.8 Å². The van der Waals surface area contributed by atoms with Crippen molar-refractivity contribution < 1.29 is 19.1 Å². The minimum atomic E-state index is -0.237. The number of esters is 1. The maximum Gasteiger partial charge on any atom is 0.305 e. The predicted octanol–water partition coefficient (Wildman–Crippen LogP) is 2.96. The molecular formula is C18H27NO4. The van der Waals surface area contributed by atoms with Crippen molar-refractivity contribution in [3.05, 3.63) is 29.3 Å². The van der Waals surface area contributed by atoms with E-state index in [4.69, 9.17) is 9.47 Å². The summed E-state index contributed by atoms with van der Waals surface area (Å²) in [6, 6.07) is 6.02. The van der Waals surface area contributed by atoms with E-state index in [-0.39, 0.29) is 18.5 Å². The van der Waals surface area contributed by atoms with Gasteiger partial charge in [0.05, 0.1) is 6.61 Å². The van der Waals surface area contributed by atoms with Crippen LogP contribution in [-0.4, -0.2) is 31.6 Å². The summed E-state index contributed by atoms with van der Waals surface area (Å²) in [6.45, 7) is 8.74. The van der Waals surface area contributed by atoms with E-state index in [0.29, 0.717) is 31.9 Å². The molecule has 0 saturated heterocycles. The van der Waals surface area contributed by atoms with Gasteiger partial charge in [-0.05, 0) is 43.4 Å². The highest BCUT2D eigenvalue weighted by Gasteiger charge is 2.10. The summed E-state index contributed by atoms with van der Waals surface area (Å²) in [4.78, 5) is 23.0. The van der Waals surface area contributed by atoms with Gasteiger partial charge in [-0.3, -0.25) is 9.59 Å². The number of rotatable bonds is 9. The summed E-state index contributed by atoms with van der Waals surface area (Å²) in [6.07, 6.45) is 0.872. The molecule has 0 aliphatic heterocycles. The molecular weight excluding hydrogens is 294 g/mol. The van der Waals surface area contributed by atoms with Crippen molar-refractivity contribution in [3.8, 4) is 5.75 Å². The normalized spacial score (nSPS) is 10.5. The van der Waals surface area contributed by atoms with Gasteiger partial charge in [0.2, 0.25) is 0 Å². The number of carbonyl (C=O) groups is 2. The SMILES string of the molecule is CCOC(=O)CCCNC(=O)COc1cc(C)ccc1C(C)C. The molecule has 1 amide bonds. The van der Waals surface area contributed by atoms with E-state index in [9.17, 15) is 9.59 Å². The Morgan fingerprint density at radius 2 is 2.00 bits per heavy atom. The van der Waals surface area contributed by atoms with Gasteiger partial charge < -0.3 is 14.8 Å². The van der Waals surface area contributed by atoms with Crippen molar-refractivity contribution in [2.24, 2.45) is 0 Å². The molecule has 1 aromatic carbocycles. The summed E-state index contributed by atoms with van der Waals surface area (Å²) >= 11 is 0. The minimum absolute atomic E-state index is 0.0252. The Labute approximate surface area is 138 Å². The average Bonchev–Trinajstić information content (AvgIpc) is 2.49. The second-order valence-corrected chi connectivity index (χ2v) is 5.74. The van der Waals surface area contributed by atoms with E-state index >= 15 is 0 Å². The summed E-state index contributed by atoms with van der Waals surface area (Å²) in [5.41, 5.74) is 2.19. The van der Waals surface area contributed by atoms with Crippen LogP contribution in [0, 0.1) is 6.92 Å². The minimum Gasteiger partial charge on any atom is -0.483 e. The topological polar surface area (TPSA) is 64.6 Å². The lowest BCUT2D eigenvalue weighted by Crippen LogP contribution is -2.30. The van der Waals surface area contributed by atoms with Gasteiger partial charge >= 0.3 is 5.97 Å². The lowest BCUT2D eigenvalue weighted by molar-refractivity contribution is -0.143. The van der Waals surface area contributed by atoms with Gasteiger partial charge in [-0.2, -0.15) is 0 Å². The first kappa shape index (κ1) is 19.0. The third kappa shape index (κ3) is 7.17. The molecule has 23 heavy (non-hydrogen) atoms. The Balaban J connectivity index is 2.36. The lowest BCUT2D eigenvalue weighted by atomic mass is 10.0. The summed E-state index contributed by atoms with van der Waals surface area (Å²) in [7, 11) is 0. The average molecular weight is 321 g/mol. The van der Waals surface area contributed by atoms with E-state index in [1.54, 1.807) is 6.92 Å². The largest absolute Gasteiger partial charge is 0.483 e. The smallest absolute Gasteiger partial charge is 0.305 e. The number of hydrogen-bond acceptors (Lipinski definition) is 4. The Bertz CT molecular complexity index is 526. The number of ether oxygens (including phenoxy) is 2. The molecule has 0 spiro atoms. The van der Waals surface area contributed by atoms with Crippen LogP contribution in [0.5, 0.6) is 5.75 Å². The van der Waals surface area contributed by atoms with Crippen LogP contribution in [0.15, 0.2) is 18.2 Å². The number of aryl methyl sites for hydroxylation is 1. The molecule has 0 unspecified atom stereocenters. The number of carbonyl (C=O) groups excluding carboxylic acids is 2. The van der Waals surface area contributed by atoms with Gasteiger partial charge in [0.1, 0.15) is 5.75 Å². The van der Waals surface area contributed by atoms with Crippen molar-refractivity contribution >= 4 is 11.9 Å². The standard InChI is InChI=1S/C18H27NO4/c1-5-22-18(21)7-6-10-19-17(20)12-23-16-11-14(4)8-9-15(16)13(2)3/h8-9,11,13H,5-7,10,12H2,1-4H3,(H,19,20). The zero-order valence-corrected chi connectivity index (χ0v) is 14.5. The van der Waals surface area contributed by atoms with E-state index < -0.39 is 0 Å². The van der Waals surface area contributed by atoms with Crippen molar-refractivity contribution in [2.45, 2.75) is 46.5 Å². The summed E-state index contributed by atoms with van der Waals surface area (Å²) in [5.74, 6) is 0.657. The Kier molecular flexibility index (Phi) is 8.16. The first-order valence-electron chi connectivity index (χ1n) is 8.09. The van der Waals surface area contributed by atoms with E-state index in [2.05, 4.69) is 19.2 Å². The molecule has 0 aromatic heterocycles. The molecule has 1 rings (SSSR count). The first-order chi connectivity index (χ1) is 10.9. The van der Waals surface area contributed by atoms with Crippen LogP contribution in [0.3, 0.4) is 0 Å². The van der Waals surface area contributed by atoms with Crippen LogP contribution in [0.4, 0.5) is 0 Å². The number of benzene rings is 1. The molecule has 0 heterocycles. The van der Waals surface area contributed by atoms with Gasteiger partial charge in [-0.15, -0.1) is 0 Å². The maximum atomic E-state index is 11.8. The molecule has 0 radical (unpaired) electrons. The van der Waals surface area contributed by atoms with E-state index in [1.807, 2.05) is 25.1 Å². The van der Waals surface area contributed by atoms with Crippen molar-refractivity contribution in [1.29, 1.82) is 0 Å². The van der Waals surface area contributed by atoms with Crippen LogP contribution in [0.1, 0.15) is 50.7 Å². The highest BCUT2D eigenvalue weighted by atomic mass is 16.5. The van der Waals surface area contributed by atoms with Gasteiger partial charge in [0.25, 0.3) is 5.91 Å². The third-order valence-electron chi connectivity index (χ3n) is 3.34. The predicted molar refractivity (Wildman–Crippen MR) is 89.6 cm³/mol. The molecule has 0 fully saturated rings. The van der Waals surface area contributed by atoms with Crippen LogP contribution >= 0.6 is 0 Å². The molecule has 0 aliphatic rings. The molecule has 1 aromatic rings. The van der Waals surface area contributed by atoms with Crippen molar-refractivity contribution in [3.63, 3.8) is 0 Å². The van der Waals surface area contributed by atoms with E-state index in [0.717, 1.165) is 16.9 Å². The van der Waals surface area contributed by atoms with Crippen LogP contribution < -0.4 is 10.1 Å². The summed E-state index contributed by atoms with van der Waals surface area (Å²) < 4.78 is 10.5. The first-order valence-corrected chi connectivity index (χ1v) is 8.09. The van der Waals surface area contributed by atoms with Crippen LogP contribution in [0.25, 0.3) is 0 Å². The number of amides is 1. The molecule has 0 aliphatic carbocycles.